The Morgan fingerprint density at radius 2 is 2.08 bits per heavy atom. The Morgan fingerprint density at radius 3 is 2.92 bits per heavy atom. The van der Waals surface area contributed by atoms with Crippen LogP contribution in [0.4, 0.5) is 0 Å². The summed E-state index contributed by atoms with van der Waals surface area (Å²) in [5.74, 6) is 0.729. The van der Waals surface area contributed by atoms with E-state index in [1.165, 1.54) is 24.5 Å². The van der Waals surface area contributed by atoms with Crippen LogP contribution in [0, 0.1) is 0 Å². The van der Waals surface area contributed by atoms with E-state index >= 15 is 0 Å². The molecule has 2 amide bonds. The summed E-state index contributed by atoms with van der Waals surface area (Å²) in [6.45, 7) is 3.01. The summed E-state index contributed by atoms with van der Waals surface area (Å²) in [7, 11) is 0. The first kappa shape index (κ1) is 17.3. The van der Waals surface area contributed by atoms with Gasteiger partial charge in [-0.1, -0.05) is 24.3 Å². The van der Waals surface area contributed by atoms with Crippen LogP contribution in [0.1, 0.15) is 49.0 Å². The lowest BCUT2D eigenvalue weighted by atomic mass is 9.91. The van der Waals surface area contributed by atoms with Crippen molar-refractivity contribution >= 4 is 23.6 Å². The summed E-state index contributed by atoms with van der Waals surface area (Å²) in [5.41, 5.74) is 2.86. The number of hydrogen-bond acceptors (Lipinski definition) is 3. The van der Waals surface area contributed by atoms with Gasteiger partial charge in [-0.2, -0.15) is 0 Å². The van der Waals surface area contributed by atoms with Crippen molar-refractivity contribution in [3.63, 3.8) is 0 Å². The highest BCUT2D eigenvalue weighted by Gasteiger charge is 2.26. The van der Waals surface area contributed by atoms with Gasteiger partial charge in [0.05, 0.1) is 5.75 Å². The van der Waals surface area contributed by atoms with Crippen molar-refractivity contribution in [2.45, 2.75) is 50.3 Å². The minimum atomic E-state index is -0.0116. The molecule has 24 heavy (non-hydrogen) atoms. The number of nitrogens with zero attached hydrogens (tertiary/aromatic N) is 1. The molecule has 1 saturated heterocycles. The quantitative estimate of drug-likeness (QED) is 0.912. The molecule has 1 aromatic carbocycles. The predicted molar refractivity (Wildman–Crippen MR) is 98.0 cm³/mol. The monoisotopic (exact) mass is 346 g/mol. The number of piperidine rings is 1. The SMILES string of the molecule is CC(=O)N[C@H]1CCCN(C(=O)CS[C@H]2CCCc3ccccc32)C1. The first-order valence-electron chi connectivity index (χ1n) is 8.88. The van der Waals surface area contributed by atoms with Gasteiger partial charge >= 0.3 is 0 Å². The number of benzene rings is 1. The number of hydrogen-bond donors (Lipinski definition) is 1. The van der Waals surface area contributed by atoms with Gasteiger partial charge in [-0.15, -0.1) is 11.8 Å². The molecule has 0 unspecified atom stereocenters. The van der Waals surface area contributed by atoms with Gasteiger partial charge in [0.15, 0.2) is 0 Å². The van der Waals surface area contributed by atoms with E-state index < -0.39 is 0 Å². The summed E-state index contributed by atoms with van der Waals surface area (Å²) >= 11 is 1.78. The molecule has 1 heterocycles. The lowest BCUT2D eigenvalue weighted by Gasteiger charge is -2.33. The first-order chi connectivity index (χ1) is 11.6. The molecule has 1 aromatic rings. The van der Waals surface area contributed by atoms with E-state index in [4.69, 9.17) is 0 Å². The van der Waals surface area contributed by atoms with E-state index in [1.807, 2.05) is 4.90 Å². The zero-order valence-corrected chi connectivity index (χ0v) is 15.1. The van der Waals surface area contributed by atoms with Crippen molar-refractivity contribution in [3.05, 3.63) is 35.4 Å². The smallest absolute Gasteiger partial charge is 0.232 e. The Labute approximate surface area is 148 Å². The van der Waals surface area contributed by atoms with Crippen LogP contribution in [-0.4, -0.2) is 41.6 Å². The molecule has 1 fully saturated rings. The molecule has 1 N–H and O–H groups in total. The molecule has 0 radical (unpaired) electrons. The molecule has 3 rings (SSSR count). The molecule has 1 aliphatic heterocycles. The topological polar surface area (TPSA) is 49.4 Å². The fraction of sp³-hybridized carbons (Fsp3) is 0.579. The van der Waals surface area contributed by atoms with E-state index in [-0.39, 0.29) is 17.9 Å². The fourth-order valence-electron chi connectivity index (χ4n) is 3.75. The summed E-state index contributed by atoms with van der Waals surface area (Å²) in [6, 6.07) is 8.74. The van der Waals surface area contributed by atoms with Crippen LogP contribution < -0.4 is 5.32 Å². The normalized spacial score (nSPS) is 23.5. The Morgan fingerprint density at radius 1 is 1.25 bits per heavy atom. The number of fused-ring (bicyclic) bond motifs is 1. The van der Waals surface area contributed by atoms with Gasteiger partial charge in [0.1, 0.15) is 0 Å². The molecular weight excluding hydrogens is 320 g/mol. The Kier molecular flexibility index (Phi) is 5.82. The molecule has 0 spiro atoms. The number of amides is 2. The van der Waals surface area contributed by atoms with Crippen molar-refractivity contribution in [2.75, 3.05) is 18.8 Å². The zero-order chi connectivity index (χ0) is 16.9. The lowest BCUT2D eigenvalue weighted by molar-refractivity contribution is -0.130. The number of aryl methyl sites for hydroxylation is 1. The molecule has 0 bridgehead atoms. The van der Waals surface area contributed by atoms with Crippen LogP contribution in [0.2, 0.25) is 0 Å². The van der Waals surface area contributed by atoms with Crippen LogP contribution >= 0.6 is 11.8 Å². The molecule has 0 aromatic heterocycles. The number of nitrogens with one attached hydrogen (secondary N) is 1. The van der Waals surface area contributed by atoms with Gasteiger partial charge in [-0.25, -0.2) is 0 Å². The average molecular weight is 346 g/mol. The number of carbonyl (C=O) groups excluding carboxylic acids is 2. The molecular formula is C19H26N2O2S. The highest BCUT2D eigenvalue weighted by atomic mass is 32.2. The van der Waals surface area contributed by atoms with Crippen molar-refractivity contribution in [1.82, 2.24) is 10.2 Å². The highest BCUT2D eigenvalue weighted by Crippen LogP contribution is 2.39. The predicted octanol–water partition coefficient (Wildman–Crippen LogP) is 2.92. The molecule has 5 heteroatoms. The van der Waals surface area contributed by atoms with Crippen molar-refractivity contribution in [2.24, 2.45) is 0 Å². The van der Waals surface area contributed by atoms with Crippen LogP contribution in [0.5, 0.6) is 0 Å². The number of thioether (sulfide) groups is 1. The van der Waals surface area contributed by atoms with E-state index in [9.17, 15) is 9.59 Å². The van der Waals surface area contributed by atoms with E-state index in [0.29, 0.717) is 17.5 Å². The summed E-state index contributed by atoms with van der Waals surface area (Å²) in [6.07, 6.45) is 5.45. The highest BCUT2D eigenvalue weighted by molar-refractivity contribution is 8.00. The molecule has 0 saturated carbocycles. The average Bonchev–Trinajstić information content (AvgIpc) is 2.59. The minimum Gasteiger partial charge on any atom is -0.352 e. The van der Waals surface area contributed by atoms with E-state index in [1.54, 1.807) is 11.8 Å². The van der Waals surface area contributed by atoms with Crippen molar-refractivity contribution in [1.29, 1.82) is 0 Å². The zero-order valence-electron chi connectivity index (χ0n) is 14.3. The van der Waals surface area contributed by atoms with E-state index in [0.717, 1.165) is 32.2 Å². The van der Waals surface area contributed by atoms with Gasteiger partial charge < -0.3 is 10.2 Å². The van der Waals surface area contributed by atoms with Crippen molar-refractivity contribution < 1.29 is 9.59 Å². The maximum atomic E-state index is 12.6. The maximum Gasteiger partial charge on any atom is 0.232 e. The Hall–Kier alpha value is -1.49. The third-order valence-electron chi connectivity index (χ3n) is 4.90. The molecule has 1 aliphatic carbocycles. The lowest BCUT2D eigenvalue weighted by Crippen LogP contribution is -2.49. The maximum absolute atomic E-state index is 12.6. The van der Waals surface area contributed by atoms with E-state index in [2.05, 4.69) is 29.6 Å². The summed E-state index contributed by atoms with van der Waals surface area (Å²) in [4.78, 5) is 25.7. The van der Waals surface area contributed by atoms with Gasteiger partial charge in [0, 0.05) is 31.3 Å². The molecule has 130 valence electrons. The second-order valence-corrected chi connectivity index (χ2v) is 7.96. The minimum absolute atomic E-state index is 0.0116. The standard InChI is InChI=1S/C19H26N2O2S/c1-14(22)20-16-8-5-11-21(12-16)19(23)13-24-18-10-4-7-15-6-2-3-9-17(15)18/h2-3,6,9,16,18H,4-5,7-8,10-13H2,1H3,(H,20,22)/t16-,18-/m0/s1. The second-order valence-electron chi connectivity index (χ2n) is 6.77. The molecule has 4 nitrogen and oxygen atoms in total. The van der Waals surface area contributed by atoms with Gasteiger partial charge in [-0.3, -0.25) is 9.59 Å². The Balaban J connectivity index is 1.53. The number of carbonyl (C=O) groups is 2. The molecule has 2 atom stereocenters. The molecule has 2 aliphatic rings. The third-order valence-corrected chi connectivity index (χ3v) is 6.21. The van der Waals surface area contributed by atoms with Gasteiger partial charge in [0.25, 0.3) is 0 Å². The van der Waals surface area contributed by atoms with Crippen LogP contribution in [0.15, 0.2) is 24.3 Å². The fourth-order valence-corrected chi connectivity index (χ4v) is 5.02. The summed E-state index contributed by atoms with van der Waals surface area (Å²) < 4.78 is 0. The number of rotatable bonds is 4. The second kappa shape index (κ2) is 8.06. The third kappa shape index (κ3) is 4.32. The van der Waals surface area contributed by atoms with Crippen LogP contribution in [0.25, 0.3) is 0 Å². The first-order valence-corrected chi connectivity index (χ1v) is 9.92. The Bertz CT molecular complexity index is 605. The van der Waals surface area contributed by atoms with Crippen LogP contribution in [-0.2, 0) is 16.0 Å². The van der Waals surface area contributed by atoms with Gasteiger partial charge in [-0.05, 0) is 43.2 Å². The van der Waals surface area contributed by atoms with Crippen molar-refractivity contribution in [3.8, 4) is 0 Å². The van der Waals surface area contributed by atoms with Gasteiger partial charge in [0.2, 0.25) is 11.8 Å². The van der Waals surface area contributed by atoms with Crippen LogP contribution in [0.3, 0.4) is 0 Å². The summed E-state index contributed by atoms with van der Waals surface area (Å²) in [5, 5.41) is 3.39. The number of likely N-dealkylation sites (tertiary alicyclic amines) is 1. The largest absolute Gasteiger partial charge is 0.352 e.